The maximum Gasteiger partial charge on any atom is 0.303 e. The lowest BCUT2D eigenvalue weighted by Gasteiger charge is -2.40. The van der Waals surface area contributed by atoms with Crippen LogP contribution in [-0.4, -0.2) is 62.7 Å². The Morgan fingerprint density at radius 2 is 1.73 bits per heavy atom. The average molecular weight is 422 g/mol. The average Bonchev–Trinajstić information content (AvgIpc) is 3.07. The first kappa shape index (κ1) is 21.1. The number of rotatable bonds is 5. The molecule has 1 saturated heterocycles. The monoisotopic (exact) mass is 422 g/mol. The van der Waals surface area contributed by atoms with E-state index in [-0.39, 0.29) is 23.3 Å². The van der Waals surface area contributed by atoms with E-state index in [0.717, 1.165) is 13.8 Å². The van der Waals surface area contributed by atoms with Gasteiger partial charge in [-0.15, -0.1) is 5.10 Å². The third-order valence-corrected chi connectivity index (χ3v) is 4.24. The summed E-state index contributed by atoms with van der Waals surface area (Å²) in [4.78, 5) is 45.5. The SMILES string of the molecule is CC(=O)O[C@@H]1[C@H](OC(C)=O)[C@@H](OC(C)=O)CO[C@H]1n1nnc2c([N+](=O)[O-])cccc21. The molecule has 0 bridgehead atoms. The van der Waals surface area contributed by atoms with E-state index in [4.69, 9.17) is 18.9 Å². The van der Waals surface area contributed by atoms with Crippen LogP contribution >= 0.6 is 0 Å². The minimum absolute atomic E-state index is 0.00109. The highest BCUT2D eigenvalue weighted by molar-refractivity contribution is 5.84. The number of esters is 3. The minimum Gasteiger partial charge on any atom is -0.456 e. The van der Waals surface area contributed by atoms with Gasteiger partial charge in [-0.1, -0.05) is 11.3 Å². The molecular formula is C17H18N4O9. The third-order valence-electron chi connectivity index (χ3n) is 4.24. The van der Waals surface area contributed by atoms with Crippen LogP contribution < -0.4 is 0 Å². The Bertz CT molecular complexity index is 1000. The summed E-state index contributed by atoms with van der Waals surface area (Å²) in [6.45, 7) is 3.24. The van der Waals surface area contributed by atoms with Gasteiger partial charge < -0.3 is 18.9 Å². The molecule has 13 nitrogen and oxygen atoms in total. The first-order chi connectivity index (χ1) is 14.2. The molecule has 1 aromatic heterocycles. The number of carbonyl (C=O) groups excluding carboxylic acids is 3. The van der Waals surface area contributed by atoms with Crippen LogP contribution in [0.1, 0.15) is 27.0 Å². The van der Waals surface area contributed by atoms with E-state index < -0.39 is 47.4 Å². The van der Waals surface area contributed by atoms with Crippen molar-refractivity contribution in [1.29, 1.82) is 0 Å². The number of non-ortho nitro benzene ring substituents is 1. The maximum absolute atomic E-state index is 11.7. The number of nitro groups is 1. The summed E-state index contributed by atoms with van der Waals surface area (Å²) in [7, 11) is 0. The Hall–Kier alpha value is -3.61. The van der Waals surface area contributed by atoms with Crippen molar-refractivity contribution in [3.63, 3.8) is 0 Å². The Morgan fingerprint density at radius 1 is 1.10 bits per heavy atom. The van der Waals surface area contributed by atoms with Crippen molar-refractivity contribution < 1.29 is 38.3 Å². The molecule has 0 aliphatic carbocycles. The van der Waals surface area contributed by atoms with Gasteiger partial charge in [-0.25, -0.2) is 4.68 Å². The van der Waals surface area contributed by atoms with E-state index in [1.165, 1.54) is 29.8 Å². The van der Waals surface area contributed by atoms with Crippen molar-refractivity contribution in [2.24, 2.45) is 0 Å². The second kappa shape index (κ2) is 8.41. The molecule has 4 atom stereocenters. The largest absolute Gasteiger partial charge is 0.456 e. The highest BCUT2D eigenvalue weighted by Gasteiger charge is 2.48. The number of aromatic nitrogens is 3. The molecule has 3 rings (SSSR count). The van der Waals surface area contributed by atoms with E-state index in [0.29, 0.717) is 0 Å². The molecule has 2 heterocycles. The molecule has 2 aromatic rings. The molecule has 1 aromatic carbocycles. The quantitative estimate of drug-likeness (QED) is 0.288. The Morgan fingerprint density at radius 3 is 2.33 bits per heavy atom. The Balaban J connectivity index is 2.07. The predicted octanol–water partition coefficient (Wildman–Crippen LogP) is 0.663. The number of ether oxygens (including phenoxy) is 4. The van der Waals surface area contributed by atoms with Gasteiger partial charge in [0.05, 0.1) is 17.0 Å². The zero-order chi connectivity index (χ0) is 22.0. The zero-order valence-electron chi connectivity index (χ0n) is 16.2. The van der Waals surface area contributed by atoms with Crippen LogP contribution in [0.3, 0.4) is 0 Å². The molecule has 1 fully saturated rings. The molecule has 0 N–H and O–H groups in total. The molecule has 0 amide bonds. The predicted molar refractivity (Wildman–Crippen MR) is 95.8 cm³/mol. The van der Waals surface area contributed by atoms with E-state index in [9.17, 15) is 24.5 Å². The fourth-order valence-corrected chi connectivity index (χ4v) is 3.22. The summed E-state index contributed by atoms with van der Waals surface area (Å²) in [5.74, 6) is -2.07. The van der Waals surface area contributed by atoms with Gasteiger partial charge in [0.25, 0.3) is 5.69 Å². The standard InChI is InChI=1S/C17H18N4O9/c1-8(22)28-13-7-27-17(16(30-10(3)24)15(13)29-9(2)23)20-11-5-4-6-12(21(25)26)14(11)18-19-20/h4-6,13,15-17H,7H2,1-3H3/t13-,15+,16+,17+/m0/s1. The van der Waals surface area contributed by atoms with E-state index in [1.807, 2.05) is 0 Å². The van der Waals surface area contributed by atoms with Gasteiger partial charge in [0.15, 0.2) is 30.1 Å². The van der Waals surface area contributed by atoms with Crippen LogP contribution in [0.5, 0.6) is 0 Å². The summed E-state index contributed by atoms with van der Waals surface area (Å²) < 4.78 is 22.7. The number of carbonyl (C=O) groups is 3. The van der Waals surface area contributed by atoms with Gasteiger partial charge in [-0.05, 0) is 6.07 Å². The van der Waals surface area contributed by atoms with Crippen molar-refractivity contribution >= 4 is 34.6 Å². The number of nitrogens with zero attached hydrogens (tertiary/aromatic N) is 4. The number of nitro benzene ring substituents is 1. The van der Waals surface area contributed by atoms with Crippen LogP contribution in [0.2, 0.25) is 0 Å². The molecular weight excluding hydrogens is 404 g/mol. The molecule has 30 heavy (non-hydrogen) atoms. The first-order valence-electron chi connectivity index (χ1n) is 8.80. The normalized spacial score (nSPS) is 23.6. The molecule has 0 spiro atoms. The van der Waals surface area contributed by atoms with Crippen LogP contribution in [0.15, 0.2) is 18.2 Å². The smallest absolute Gasteiger partial charge is 0.303 e. The summed E-state index contributed by atoms with van der Waals surface area (Å²) in [6.07, 6.45) is -4.67. The lowest BCUT2D eigenvalue weighted by molar-refractivity contribution is -0.383. The molecule has 0 unspecified atom stereocenters. The van der Waals surface area contributed by atoms with E-state index >= 15 is 0 Å². The van der Waals surface area contributed by atoms with E-state index in [2.05, 4.69) is 10.3 Å². The fourth-order valence-electron chi connectivity index (χ4n) is 3.22. The number of benzene rings is 1. The Kier molecular flexibility index (Phi) is 5.91. The summed E-state index contributed by atoms with van der Waals surface area (Å²) in [5, 5.41) is 19.0. The van der Waals surface area contributed by atoms with Crippen LogP contribution in [-0.2, 0) is 33.3 Å². The second-order valence-corrected chi connectivity index (χ2v) is 6.46. The van der Waals surface area contributed by atoms with Gasteiger partial charge in [-0.2, -0.15) is 0 Å². The number of fused-ring (bicyclic) bond motifs is 1. The summed E-state index contributed by atoms with van der Waals surface area (Å²) in [5.41, 5.74) is -0.0365. The third kappa shape index (κ3) is 4.20. The van der Waals surface area contributed by atoms with Crippen molar-refractivity contribution in [3.05, 3.63) is 28.3 Å². The van der Waals surface area contributed by atoms with Gasteiger partial charge in [0.1, 0.15) is 0 Å². The highest BCUT2D eigenvalue weighted by atomic mass is 16.6. The van der Waals surface area contributed by atoms with Crippen LogP contribution in [0.4, 0.5) is 5.69 Å². The molecule has 1 aliphatic heterocycles. The first-order valence-corrected chi connectivity index (χ1v) is 8.80. The Labute approximate surface area is 169 Å². The second-order valence-electron chi connectivity index (χ2n) is 6.46. The highest BCUT2D eigenvalue weighted by Crippen LogP contribution is 2.33. The van der Waals surface area contributed by atoms with Crippen LogP contribution in [0.25, 0.3) is 11.0 Å². The van der Waals surface area contributed by atoms with Crippen molar-refractivity contribution in [2.75, 3.05) is 6.61 Å². The fraction of sp³-hybridized carbons (Fsp3) is 0.471. The lowest BCUT2D eigenvalue weighted by Crippen LogP contribution is -2.55. The molecule has 1 aliphatic rings. The van der Waals surface area contributed by atoms with Crippen molar-refractivity contribution in [2.45, 2.75) is 45.3 Å². The van der Waals surface area contributed by atoms with Crippen molar-refractivity contribution in [1.82, 2.24) is 15.0 Å². The molecule has 13 heteroatoms. The molecule has 0 saturated carbocycles. The van der Waals surface area contributed by atoms with Gasteiger partial charge in [0, 0.05) is 26.8 Å². The summed E-state index contributed by atoms with van der Waals surface area (Å²) >= 11 is 0. The van der Waals surface area contributed by atoms with E-state index in [1.54, 1.807) is 0 Å². The molecule has 160 valence electrons. The molecule has 0 radical (unpaired) electrons. The van der Waals surface area contributed by atoms with Gasteiger partial charge in [-0.3, -0.25) is 24.5 Å². The number of hydrogen-bond donors (Lipinski definition) is 0. The maximum atomic E-state index is 11.7. The number of hydrogen-bond acceptors (Lipinski definition) is 11. The van der Waals surface area contributed by atoms with Crippen LogP contribution in [0, 0.1) is 10.1 Å². The lowest BCUT2D eigenvalue weighted by atomic mass is 10.0. The zero-order valence-corrected chi connectivity index (χ0v) is 16.2. The van der Waals surface area contributed by atoms with Crippen molar-refractivity contribution in [3.8, 4) is 0 Å². The summed E-state index contributed by atoms with van der Waals surface area (Å²) in [6, 6.07) is 4.23. The topological polar surface area (TPSA) is 162 Å². The van der Waals surface area contributed by atoms with Gasteiger partial charge in [0.2, 0.25) is 0 Å². The minimum atomic E-state index is -1.27. The van der Waals surface area contributed by atoms with Gasteiger partial charge >= 0.3 is 17.9 Å².